The summed E-state index contributed by atoms with van der Waals surface area (Å²) in [6.07, 6.45) is 3.09. The summed E-state index contributed by atoms with van der Waals surface area (Å²) in [6, 6.07) is 8.33. The number of phenols is 1. The molecule has 2 aromatic rings. The van der Waals surface area contributed by atoms with E-state index in [1.165, 1.54) is 15.9 Å². The Morgan fingerprint density at radius 2 is 1.95 bits per heavy atom. The lowest BCUT2D eigenvalue weighted by Gasteiger charge is -2.39. The van der Waals surface area contributed by atoms with Crippen LogP contribution in [0.4, 0.5) is 14.9 Å². The van der Waals surface area contributed by atoms with Gasteiger partial charge in [-0.2, -0.15) is 0 Å². The molecule has 1 atom stereocenters. The van der Waals surface area contributed by atoms with Crippen LogP contribution < -0.4 is 15.0 Å². The summed E-state index contributed by atoms with van der Waals surface area (Å²) < 4.78 is 27.2. The van der Waals surface area contributed by atoms with E-state index in [9.17, 15) is 9.90 Å². The number of nitrogens with zero attached hydrogens (tertiary/aromatic N) is 4. The average molecular weight is 558 g/mol. The fourth-order valence-corrected chi connectivity index (χ4v) is 5.72. The van der Waals surface area contributed by atoms with Crippen molar-refractivity contribution in [1.29, 1.82) is 0 Å². The van der Waals surface area contributed by atoms with E-state index in [4.69, 9.17) is 21.1 Å². The molecule has 0 saturated carbocycles. The average Bonchev–Trinajstić information content (AvgIpc) is 3.26. The highest BCUT2D eigenvalue weighted by molar-refractivity contribution is 6.27. The molecule has 3 heterocycles. The lowest BCUT2D eigenvalue weighted by Crippen LogP contribution is -2.44. The van der Waals surface area contributed by atoms with Crippen LogP contribution in [0.25, 0.3) is 5.57 Å². The van der Waals surface area contributed by atoms with Crippen LogP contribution in [-0.2, 0) is 9.61 Å². The van der Waals surface area contributed by atoms with E-state index in [0.717, 1.165) is 31.9 Å². The van der Waals surface area contributed by atoms with Gasteiger partial charge in [0.05, 0.1) is 12.3 Å². The second-order valence-corrected chi connectivity index (χ2v) is 10.5. The van der Waals surface area contributed by atoms with E-state index in [0.29, 0.717) is 48.9 Å². The number of nitrogens with one attached hydrogen (secondary N) is 1. The summed E-state index contributed by atoms with van der Waals surface area (Å²) in [6.45, 7) is 4.54. The molecule has 0 spiro atoms. The molecule has 1 unspecified atom stereocenters. The van der Waals surface area contributed by atoms with Gasteiger partial charge in [0, 0.05) is 77.2 Å². The number of aromatic hydroxyl groups is 1. The van der Waals surface area contributed by atoms with Gasteiger partial charge in [-0.05, 0) is 23.8 Å². The number of halogens is 2. The third kappa shape index (κ3) is 5.28. The summed E-state index contributed by atoms with van der Waals surface area (Å²) >= 11 is 7.48. The van der Waals surface area contributed by atoms with Gasteiger partial charge in [0.25, 0.3) is 0 Å². The second kappa shape index (κ2) is 11.4. The number of piperazine rings is 1. The van der Waals surface area contributed by atoms with Crippen molar-refractivity contribution < 1.29 is 23.8 Å². The Kier molecular flexibility index (Phi) is 7.97. The number of likely N-dealkylation sites (N-methyl/N-ethyl adjacent to an activating group) is 1. The maximum Gasteiger partial charge on any atom is 0.324 e. The molecule has 0 bridgehead atoms. The third-order valence-corrected chi connectivity index (χ3v) is 7.88. The molecule has 39 heavy (non-hydrogen) atoms. The van der Waals surface area contributed by atoms with Gasteiger partial charge in [0.15, 0.2) is 0 Å². The van der Waals surface area contributed by atoms with Gasteiger partial charge in [-0.25, -0.2) is 14.2 Å². The molecule has 208 valence electrons. The predicted molar refractivity (Wildman–Crippen MR) is 148 cm³/mol. The first kappa shape index (κ1) is 27.2. The molecule has 1 aromatic heterocycles. The highest BCUT2D eigenvalue weighted by Crippen LogP contribution is 2.52. The minimum atomic E-state index is -1.47. The minimum Gasteiger partial charge on any atom is -0.507 e. The fraction of sp³-hybridized carbons (Fsp3) is 0.429. The van der Waals surface area contributed by atoms with Crippen molar-refractivity contribution >= 4 is 28.9 Å². The summed E-state index contributed by atoms with van der Waals surface area (Å²) in [4.78, 5) is 21.3. The third-order valence-electron chi connectivity index (χ3n) is 7.35. The number of phenolic OH excluding ortho intramolecular Hbond substituents is 1. The van der Waals surface area contributed by atoms with Crippen LogP contribution in [-0.4, -0.2) is 92.6 Å². The molecule has 2 fully saturated rings. The van der Waals surface area contributed by atoms with Gasteiger partial charge in [-0.1, -0.05) is 18.2 Å². The van der Waals surface area contributed by atoms with Crippen LogP contribution in [0.2, 0.25) is 0 Å². The zero-order valence-electron chi connectivity index (χ0n) is 22.1. The Hall–Kier alpha value is -3.34. The van der Waals surface area contributed by atoms with E-state index in [2.05, 4.69) is 15.2 Å². The molecule has 1 aromatic carbocycles. The SMILES string of the molecule is COCCOc1ncc(C2(Cl)CC(c3ccccc3O)=CC(F)=C2N2CCN(C)C2=O)cc1N1CCNCC1. The van der Waals surface area contributed by atoms with Gasteiger partial charge < -0.3 is 29.7 Å². The monoisotopic (exact) mass is 557 g/mol. The van der Waals surface area contributed by atoms with E-state index in [1.807, 2.05) is 6.07 Å². The number of allylic oxidation sites excluding steroid dienone is 4. The zero-order valence-corrected chi connectivity index (χ0v) is 22.9. The number of carbonyl (C=O) groups is 1. The molecule has 2 aliphatic heterocycles. The van der Waals surface area contributed by atoms with E-state index >= 15 is 4.39 Å². The zero-order chi connectivity index (χ0) is 27.6. The number of alkyl halides is 1. The number of hydrogen-bond donors (Lipinski definition) is 2. The molecule has 11 heteroatoms. The summed E-state index contributed by atoms with van der Waals surface area (Å²) in [5.74, 6) is -0.159. The maximum absolute atomic E-state index is 16.1. The summed E-state index contributed by atoms with van der Waals surface area (Å²) in [7, 11) is 3.28. The fourth-order valence-electron chi connectivity index (χ4n) is 5.28. The van der Waals surface area contributed by atoms with E-state index < -0.39 is 10.7 Å². The van der Waals surface area contributed by atoms with E-state index in [1.54, 1.807) is 44.6 Å². The lowest BCUT2D eigenvalue weighted by atomic mass is 9.81. The number of ether oxygens (including phenoxy) is 2. The van der Waals surface area contributed by atoms with Gasteiger partial charge in [-0.3, -0.25) is 4.90 Å². The van der Waals surface area contributed by atoms with Gasteiger partial charge in [-0.15, -0.1) is 11.6 Å². The second-order valence-electron chi connectivity index (χ2n) is 9.84. The first-order valence-electron chi connectivity index (χ1n) is 13.0. The van der Waals surface area contributed by atoms with Crippen LogP contribution in [0, 0.1) is 0 Å². The van der Waals surface area contributed by atoms with Crippen molar-refractivity contribution in [2.45, 2.75) is 11.3 Å². The Balaban J connectivity index is 1.63. The number of hydrogen-bond acceptors (Lipinski definition) is 7. The number of para-hydroxylation sites is 1. The number of carbonyl (C=O) groups excluding carboxylic acids is 1. The molecular weight excluding hydrogens is 525 g/mol. The van der Waals surface area contributed by atoms with Crippen LogP contribution in [0.5, 0.6) is 11.6 Å². The lowest BCUT2D eigenvalue weighted by molar-refractivity contribution is 0.144. The Morgan fingerprint density at radius 1 is 1.18 bits per heavy atom. The van der Waals surface area contributed by atoms with Crippen LogP contribution in [0.15, 0.2) is 54.1 Å². The first-order valence-corrected chi connectivity index (χ1v) is 13.4. The molecule has 2 amide bonds. The molecule has 3 aliphatic rings. The van der Waals surface area contributed by atoms with Crippen LogP contribution in [0.1, 0.15) is 17.5 Å². The Morgan fingerprint density at radius 3 is 2.64 bits per heavy atom. The minimum absolute atomic E-state index is 0.0255. The molecule has 0 radical (unpaired) electrons. The van der Waals surface area contributed by atoms with Gasteiger partial charge in [0.1, 0.15) is 28.7 Å². The van der Waals surface area contributed by atoms with Gasteiger partial charge >= 0.3 is 6.03 Å². The topological polar surface area (TPSA) is 90.4 Å². The number of anilines is 1. The number of rotatable bonds is 8. The molecule has 2 N–H and O–H groups in total. The molecular formula is C28H33ClFN5O4. The van der Waals surface area contributed by atoms with Crippen molar-refractivity contribution in [2.75, 3.05) is 71.5 Å². The largest absolute Gasteiger partial charge is 0.507 e. The summed E-state index contributed by atoms with van der Waals surface area (Å²) in [5, 5.41) is 13.9. The molecule has 9 nitrogen and oxygen atoms in total. The van der Waals surface area contributed by atoms with Crippen molar-refractivity contribution in [2.24, 2.45) is 0 Å². The number of methoxy groups -OCH3 is 1. The quantitative estimate of drug-likeness (QED) is 0.378. The first-order chi connectivity index (χ1) is 18.8. The predicted octanol–water partition coefficient (Wildman–Crippen LogP) is 3.69. The number of urea groups is 1. The molecule has 1 aliphatic carbocycles. The highest BCUT2D eigenvalue weighted by Gasteiger charge is 2.47. The Bertz CT molecular complexity index is 1300. The number of amides is 2. The standard InChI is InChI=1S/C28H33ClFN5O4/c1-33-11-12-35(27(33)37)25-22(30)15-19(21-5-3-4-6-24(21)36)17-28(25,29)20-16-23(34-9-7-31-8-10-34)26(32-18-20)39-14-13-38-2/h3-6,15-16,18,31,36H,7-14,17H2,1-2H3. The molecule has 2 saturated heterocycles. The van der Waals surface area contributed by atoms with Crippen molar-refractivity contribution in [1.82, 2.24) is 20.1 Å². The van der Waals surface area contributed by atoms with Crippen molar-refractivity contribution in [3.05, 3.63) is 65.3 Å². The van der Waals surface area contributed by atoms with Crippen molar-refractivity contribution in [3.63, 3.8) is 0 Å². The number of pyridine rings is 1. The van der Waals surface area contributed by atoms with E-state index in [-0.39, 0.29) is 23.9 Å². The normalized spacial score (nSPS) is 22.0. The Labute approximate surface area is 232 Å². The van der Waals surface area contributed by atoms with Crippen LogP contribution in [0.3, 0.4) is 0 Å². The summed E-state index contributed by atoms with van der Waals surface area (Å²) in [5.41, 5.74) is 2.36. The maximum atomic E-state index is 16.1. The van der Waals surface area contributed by atoms with Crippen molar-refractivity contribution in [3.8, 4) is 11.6 Å². The molecule has 5 rings (SSSR count). The van der Waals surface area contributed by atoms with Gasteiger partial charge in [0.2, 0.25) is 5.88 Å². The highest BCUT2D eigenvalue weighted by atomic mass is 35.5. The van der Waals surface area contributed by atoms with Crippen LogP contribution >= 0.6 is 11.6 Å². The smallest absolute Gasteiger partial charge is 0.324 e. The number of aromatic nitrogens is 1. The number of benzene rings is 1.